The first-order valence-corrected chi connectivity index (χ1v) is 8.13. The highest BCUT2D eigenvalue weighted by atomic mass is 16.2. The van der Waals surface area contributed by atoms with Crippen LogP contribution in [0.25, 0.3) is 0 Å². The van der Waals surface area contributed by atoms with Gasteiger partial charge in [0.05, 0.1) is 6.04 Å². The molecule has 19 heavy (non-hydrogen) atoms. The molecule has 1 aliphatic carbocycles. The summed E-state index contributed by atoms with van der Waals surface area (Å²) in [5, 5.41) is 3.49. The molecule has 3 atom stereocenters. The number of fused-ring (bicyclic) bond motifs is 1. The second kappa shape index (κ2) is 5.08. The molecular formula is C16H28N2O. The van der Waals surface area contributed by atoms with Crippen LogP contribution in [0, 0.1) is 11.3 Å². The number of hydrogen-bond acceptors (Lipinski definition) is 2. The molecule has 3 unspecified atom stereocenters. The Morgan fingerprint density at radius 2 is 1.95 bits per heavy atom. The maximum absolute atomic E-state index is 12.9. The summed E-state index contributed by atoms with van der Waals surface area (Å²) in [6.45, 7) is 6.50. The van der Waals surface area contributed by atoms with Crippen molar-refractivity contribution in [3.05, 3.63) is 0 Å². The molecule has 1 N–H and O–H groups in total. The van der Waals surface area contributed by atoms with Gasteiger partial charge in [-0.3, -0.25) is 4.79 Å². The Hall–Kier alpha value is -0.570. The summed E-state index contributed by atoms with van der Waals surface area (Å²) in [7, 11) is 0. The van der Waals surface area contributed by atoms with Crippen LogP contribution in [0.3, 0.4) is 0 Å². The maximum atomic E-state index is 12.9. The van der Waals surface area contributed by atoms with Crippen molar-refractivity contribution < 1.29 is 4.79 Å². The minimum absolute atomic E-state index is 0.0435. The zero-order valence-electron chi connectivity index (χ0n) is 12.5. The minimum atomic E-state index is 0.0435. The van der Waals surface area contributed by atoms with Crippen molar-refractivity contribution in [2.24, 2.45) is 11.3 Å². The molecule has 0 aromatic carbocycles. The van der Waals surface area contributed by atoms with Crippen molar-refractivity contribution in [3.63, 3.8) is 0 Å². The van der Waals surface area contributed by atoms with Gasteiger partial charge in [-0.25, -0.2) is 0 Å². The first kappa shape index (κ1) is 13.4. The van der Waals surface area contributed by atoms with Crippen molar-refractivity contribution in [1.29, 1.82) is 0 Å². The number of rotatable bonds is 1. The van der Waals surface area contributed by atoms with E-state index >= 15 is 0 Å². The highest BCUT2D eigenvalue weighted by Gasteiger charge is 2.44. The van der Waals surface area contributed by atoms with E-state index in [1.807, 2.05) is 0 Å². The quantitative estimate of drug-likeness (QED) is 0.789. The van der Waals surface area contributed by atoms with Crippen LogP contribution in [0.4, 0.5) is 0 Å². The van der Waals surface area contributed by atoms with Gasteiger partial charge in [-0.1, -0.05) is 26.7 Å². The second-order valence-corrected chi connectivity index (χ2v) is 7.41. The normalized spacial score (nSPS) is 38.0. The van der Waals surface area contributed by atoms with E-state index in [1.54, 1.807) is 0 Å². The lowest BCUT2D eigenvalue weighted by atomic mass is 9.76. The number of likely N-dealkylation sites (tertiary alicyclic amines) is 1. The molecule has 0 bridgehead atoms. The van der Waals surface area contributed by atoms with Crippen LogP contribution in [0.15, 0.2) is 0 Å². The molecule has 0 spiro atoms. The molecule has 3 fully saturated rings. The summed E-state index contributed by atoms with van der Waals surface area (Å²) >= 11 is 0. The topological polar surface area (TPSA) is 32.3 Å². The zero-order chi connectivity index (χ0) is 13.5. The SMILES string of the molecule is CC1(C)CCCNC1C(=O)N1CCC2CCCCC21. The summed E-state index contributed by atoms with van der Waals surface area (Å²) in [4.78, 5) is 15.2. The molecule has 0 radical (unpaired) electrons. The van der Waals surface area contributed by atoms with E-state index in [4.69, 9.17) is 0 Å². The summed E-state index contributed by atoms with van der Waals surface area (Å²) in [6, 6.07) is 0.600. The van der Waals surface area contributed by atoms with Crippen molar-refractivity contribution in [2.75, 3.05) is 13.1 Å². The van der Waals surface area contributed by atoms with Gasteiger partial charge in [0.1, 0.15) is 0 Å². The molecular weight excluding hydrogens is 236 g/mol. The number of nitrogens with zero attached hydrogens (tertiary/aromatic N) is 1. The molecule has 1 saturated carbocycles. The third-order valence-electron chi connectivity index (χ3n) is 5.67. The van der Waals surface area contributed by atoms with Crippen molar-refractivity contribution >= 4 is 5.91 Å². The first-order chi connectivity index (χ1) is 9.09. The van der Waals surface area contributed by atoms with E-state index < -0.39 is 0 Å². The van der Waals surface area contributed by atoms with Crippen LogP contribution < -0.4 is 5.32 Å². The number of carbonyl (C=O) groups is 1. The number of piperidine rings is 1. The van der Waals surface area contributed by atoms with Crippen molar-refractivity contribution in [3.8, 4) is 0 Å². The third-order valence-corrected chi connectivity index (χ3v) is 5.67. The van der Waals surface area contributed by atoms with Crippen LogP contribution in [0.1, 0.15) is 58.8 Å². The van der Waals surface area contributed by atoms with Gasteiger partial charge in [0.2, 0.25) is 5.91 Å². The average molecular weight is 264 g/mol. The van der Waals surface area contributed by atoms with Gasteiger partial charge in [0.15, 0.2) is 0 Å². The van der Waals surface area contributed by atoms with E-state index in [9.17, 15) is 4.79 Å². The van der Waals surface area contributed by atoms with Crippen LogP contribution in [-0.2, 0) is 4.79 Å². The maximum Gasteiger partial charge on any atom is 0.240 e. The minimum Gasteiger partial charge on any atom is -0.338 e. The van der Waals surface area contributed by atoms with Gasteiger partial charge in [-0.15, -0.1) is 0 Å². The fraction of sp³-hybridized carbons (Fsp3) is 0.938. The number of nitrogens with one attached hydrogen (secondary N) is 1. The van der Waals surface area contributed by atoms with Gasteiger partial charge < -0.3 is 10.2 Å². The zero-order valence-corrected chi connectivity index (χ0v) is 12.5. The number of hydrogen-bond donors (Lipinski definition) is 1. The molecule has 3 nitrogen and oxygen atoms in total. The second-order valence-electron chi connectivity index (χ2n) is 7.41. The van der Waals surface area contributed by atoms with Crippen molar-refractivity contribution in [1.82, 2.24) is 10.2 Å². The predicted octanol–water partition coefficient (Wildman–Crippen LogP) is 2.56. The molecule has 3 rings (SSSR count). The molecule has 3 heteroatoms. The highest BCUT2D eigenvalue weighted by Crippen LogP contribution is 2.38. The monoisotopic (exact) mass is 264 g/mol. The molecule has 0 aromatic heterocycles. The summed E-state index contributed by atoms with van der Waals surface area (Å²) in [5.41, 5.74) is 0.113. The Labute approximate surface area is 117 Å². The van der Waals surface area contributed by atoms with Gasteiger partial charge in [0.25, 0.3) is 0 Å². The average Bonchev–Trinajstić information content (AvgIpc) is 2.81. The summed E-state index contributed by atoms with van der Waals surface area (Å²) in [5.74, 6) is 1.18. The van der Waals surface area contributed by atoms with E-state index in [0.717, 1.165) is 19.0 Å². The molecule has 108 valence electrons. The van der Waals surface area contributed by atoms with Crippen LogP contribution in [0.2, 0.25) is 0 Å². The summed E-state index contributed by atoms with van der Waals surface area (Å²) < 4.78 is 0. The molecule has 1 amide bonds. The number of amides is 1. The Kier molecular flexibility index (Phi) is 3.59. The van der Waals surface area contributed by atoms with E-state index in [2.05, 4.69) is 24.1 Å². The lowest BCUT2D eigenvalue weighted by Gasteiger charge is -2.42. The van der Waals surface area contributed by atoms with Crippen molar-refractivity contribution in [2.45, 2.75) is 70.9 Å². The Balaban J connectivity index is 1.73. The molecule has 2 heterocycles. The van der Waals surface area contributed by atoms with Gasteiger partial charge in [-0.05, 0) is 50.0 Å². The molecule has 3 aliphatic rings. The molecule has 2 saturated heterocycles. The standard InChI is InChI=1S/C16H28N2O/c1-16(2)9-5-10-17-14(16)15(19)18-11-8-12-6-3-4-7-13(12)18/h12-14,17H,3-11H2,1-2H3. The Bertz CT molecular complexity index is 353. The predicted molar refractivity (Wildman–Crippen MR) is 76.9 cm³/mol. The van der Waals surface area contributed by atoms with E-state index in [1.165, 1.54) is 44.9 Å². The van der Waals surface area contributed by atoms with E-state index in [0.29, 0.717) is 11.9 Å². The highest BCUT2D eigenvalue weighted by molar-refractivity contribution is 5.83. The Morgan fingerprint density at radius 3 is 2.74 bits per heavy atom. The first-order valence-electron chi connectivity index (χ1n) is 8.13. The van der Waals surface area contributed by atoms with Crippen LogP contribution in [0.5, 0.6) is 0 Å². The fourth-order valence-electron chi connectivity index (χ4n) is 4.48. The van der Waals surface area contributed by atoms with Crippen LogP contribution >= 0.6 is 0 Å². The molecule has 2 aliphatic heterocycles. The number of carbonyl (C=O) groups excluding carboxylic acids is 1. The molecule has 0 aromatic rings. The van der Waals surface area contributed by atoms with Gasteiger partial charge in [-0.2, -0.15) is 0 Å². The van der Waals surface area contributed by atoms with Gasteiger partial charge in [0, 0.05) is 12.6 Å². The largest absolute Gasteiger partial charge is 0.338 e. The van der Waals surface area contributed by atoms with Gasteiger partial charge >= 0.3 is 0 Å². The fourth-order valence-corrected chi connectivity index (χ4v) is 4.48. The van der Waals surface area contributed by atoms with E-state index in [-0.39, 0.29) is 11.5 Å². The lowest BCUT2D eigenvalue weighted by Crippen LogP contribution is -2.57. The summed E-state index contributed by atoms with van der Waals surface area (Å²) in [6.07, 6.45) is 8.87. The Morgan fingerprint density at radius 1 is 1.16 bits per heavy atom. The van der Waals surface area contributed by atoms with Crippen LogP contribution in [-0.4, -0.2) is 36.0 Å². The third kappa shape index (κ3) is 2.42. The lowest BCUT2D eigenvalue weighted by molar-refractivity contribution is -0.139. The smallest absolute Gasteiger partial charge is 0.240 e.